The SMILES string of the molecule is Cc1ncsc1-c1ccc(CNC(=O)[C@@H]2C[C@@H](O)CN2C(=O)[C@@H](NC(=O)C2(F)CC2)C(C)(C)C)c(OCC2CCC(COCC3CN(C(=O)O)CCO3)CC2)c1. The molecule has 0 bridgehead atoms. The van der Waals surface area contributed by atoms with Crippen molar-refractivity contribution in [2.45, 2.75) is 109 Å². The number of amides is 4. The van der Waals surface area contributed by atoms with Gasteiger partial charge in [-0.05, 0) is 74.3 Å². The van der Waals surface area contributed by atoms with Crippen molar-refractivity contribution >= 4 is 35.2 Å². The van der Waals surface area contributed by atoms with E-state index in [1.807, 2.05) is 25.1 Å². The van der Waals surface area contributed by atoms with E-state index in [0.717, 1.165) is 47.4 Å². The molecule has 6 rings (SSSR count). The highest BCUT2D eigenvalue weighted by atomic mass is 32.1. The van der Waals surface area contributed by atoms with Gasteiger partial charge < -0.3 is 44.9 Å². The number of ether oxygens (including phenoxy) is 3. The number of carbonyl (C=O) groups is 4. The number of hydrogen-bond donors (Lipinski definition) is 4. The Hall–Kier alpha value is -3.86. The highest BCUT2D eigenvalue weighted by molar-refractivity contribution is 7.13. The lowest BCUT2D eigenvalue weighted by Crippen LogP contribution is -2.59. The minimum absolute atomic E-state index is 0.0355. The number of halogens is 1. The number of carbonyl (C=O) groups excluding carboxylic acids is 3. The minimum atomic E-state index is -1.96. The first kappa shape index (κ1) is 41.8. The number of aromatic nitrogens is 1. The fourth-order valence-electron chi connectivity index (χ4n) is 7.71. The van der Waals surface area contributed by atoms with E-state index >= 15 is 0 Å². The predicted octanol–water partition coefficient (Wildman–Crippen LogP) is 4.31. The molecule has 2 aliphatic heterocycles. The number of alkyl halides is 1. The van der Waals surface area contributed by atoms with Crippen LogP contribution in [0.25, 0.3) is 10.4 Å². The molecule has 1 aromatic heterocycles. The number of likely N-dealkylation sites (tertiary alicyclic amines) is 1. The summed E-state index contributed by atoms with van der Waals surface area (Å²) in [4.78, 5) is 59.7. The quantitative estimate of drug-likeness (QED) is 0.215. The van der Waals surface area contributed by atoms with Gasteiger partial charge in [-0.3, -0.25) is 14.4 Å². The number of nitrogens with zero attached hydrogens (tertiary/aromatic N) is 3. The van der Waals surface area contributed by atoms with Crippen molar-refractivity contribution in [1.82, 2.24) is 25.4 Å². The second kappa shape index (κ2) is 17.7. The summed E-state index contributed by atoms with van der Waals surface area (Å²) >= 11 is 1.54. The van der Waals surface area contributed by atoms with Crippen LogP contribution in [-0.2, 0) is 30.4 Å². The van der Waals surface area contributed by atoms with Gasteiger partial charge in [-0.2, -0.15) is 0 Å². The molecule has 2 saturated heterocycles. The average molecular weight is 802 g/mol. The Kier molecular flexibility index (Phi) is 13.2. The molecule has 3 heterocycles. The molecule has 14 nitrogen and oxygen atoms in total. The van der Waals surface area contributed by atoms with E-state index < -0.39 is 53.1 Å². The van der Waals surface area contributed by atoms with Crippen molar-refractivity contribution in [1.29, 1.82) is 0 Å². The van der Waals surface area contributed by atoms with Gasteiger partial charge in [0.25, 0.3) is 5.91 Å². The van der Waals surface area contributed by atoms with Crippen molar-refractivity contribution in [3.8, 4) is 16.2 Å². The number of carboxylic acid groups (broad SMARTS) is 1. The van der Waals surface area contributed by atoms with Gasteiger partial charge in [0.15, 0.2) is 5.67 Å². The van der Waals surface area contributed by atoms with Crippen LogP contribution in [0.2, 0.25) is 0 Å². The topological polar surface area (TPSA) is 180 Å². The third kappa shape index (κ3) is 10.4. The van der Waals surface area contributed by atoms with E-state index in [0.29, 0.717) is 57.1 Å². The van der Waals surface area contributed by atoms with Crippen LogP contribution in [-0.4, -0.2) is 125 Å². The van der Waals surface area contributed by atoms with Gasteiger partial charge in [-0.25, -0.2) is 14.2 Å². The number of rotatable bonds is 14. The van der Waals surface area contributed by atoms with E-state index in [2.05, 4.69) is 15.6 Å². The van der Waals surface area contributed by atoms with Crippen LogP contribution in [0.3, 0.4) is 0 Å². The maximum atomic E-state index is 14.6. The predicted molar refractivity (Wildman–Crippen MR) is 206 cm³/mol. The lowest BCUT2D eigenvalue weighted by Gasteiger charge is -2.35. The Morgan fingerprint density at radius 2 is 1.80 bits per heavy atom. The van der Waals surface area contributed by atoms with E-state index in [4.69, 9.17) is 14.2 Å². The Morgan fingerprint density at radius 3 is 2.45 bits per heavy atom. The Morgan fingerprint density at radius 1 is 1.09 bits per heavy atom. The number of aryl methyl sites for hydroxylation is 1. The fraction of sp³-hybridized carbons (Fsp3) is 0.675. The van der Waals surface area contributed by atoms with Gasteiger partial charge in [-0.15, -0.1) is 11.3 Å². The molecule has 1 unspecified atom stereocenters. The normalized spacial score (nSPS) is 25.4. The summed E-state index contributed by atoms with van der Waals surface area (Å²) in [6.07, 6.45) is 2.05. The van der Waals surface area contributed by atoms with Gasteiger partial charge in [0.05, 0.1) is 54.7 Å². The molecule has 2 saturated carbocycles. The Labute approximate surface area is 331 Å². The summed E-state index contributed by atoms with van der Waals surface area (Å²) in [7, 11) is 0. The molecule has 4 N–H and O–H groups in total. The van der Waals surface area contributed by atoms with Gasteiger partial charge in [0.1, 0.15) is 17.8 Å². The highest BCUT2D eigenvalue weighted by Crippen LogP contribution is 2.41. The summed E-state index contributed by atoms with van der Waals surface area (Å²) in [5.74, 6) is -0.429. The molecule has 4 atom stereocenters. The van der Waals surface area contributed by atoms with Gasteiger partial charge in [0.2, 0.25) is 11.8 Å². The molecule has 2 aliphatic carbocycles. The zero-order chi connectivity index (χ0) is 40.2. The smallest absolute Gasteiger partial charge is 0.407 e. The van der Waals surface area contributed by atoms with Crippen LogP contribution in [0.1, 0.15) is 77.0 Å². The first-order valence-electron chi connectivity index (χ1n) is 19.7. The highest BCUT2D eigenvalue weighted by Gasteiger charge is 2.53. The van der Waals surface area contributed by atoms with Crippen molar-refractivity contribution in [2.24, 2.45) is 17.3 Å². The lowest BCUT2D eigenvalue weighted by atomic mass is 9.83. The van der Waals surface area contributed by atoms with Crippen LogP contribution in [0.15, 0.2) is 23.7 Å². The van der Waals surface area contributed by atoms with Crippen LogP contribution in [0.4, 0.5) is 9.18 Å². The molecule has 16 heteroatoms. The largest absolute Gasteiger partial charge is 0.493 e. The molecule has 4 aliphatic rings. The monoisotopic (exact) mass is 801 g/mol. The molecule has 56 heavy (non-hydrogen) atoms. The minimum Gasteiger partial charge on any atom is -0.493 e. The summed E-state index contributed by atoms with van der Waals surface area (Å²) in [5, 5.41) is 25.4. The van der Waals surface area contributed by atoms with Crippen molar-refractivity contribution < 1.29 is 48.0 Å². The Balaban J connectivity index is 1.05. The average Bonchev–Trinajstić information content (AvgIpc) is 3.57. The fourth-order valence-corrected chi connectivity index (χ4v) is 8.51. The molecule has 4 amide bonds. The molecular weight excluding hydrogens is 746 g/mol. The number of morpholine rings is 1. The number of β-amino-alcohol motifs (C(OH)–C–C–N with tert-alkyl or cyclic N) is 1. The zero-order valence-corrected chi connectivity index (χ0v) is 33.6. The summed E-state index contributed by atoms with van der Waals surface area (Å²) < 4.78 is 32.7. The summed E-state index contributed by atoms with van der Waals surface area (Å²) in [6, 6.07) is 3.81. The molecule has 0 radical (unpaired) electrons. The van der Waals surface area contributed by atoms with Crippen molar-refractivity contribution in [3.63, 3.8) is 0 Å². The number of aliphatic hydroxyl groups excluding tert-OH is 1. The van der Waals surface area contributed by atoms with Gasteiger partial charge >= 0.3 is 6.09 Å². The molecule has 308 valence electrons. The zero-order valence-electron chi connectivity index (χ0n) is 32.8. The number of aliphatic hydroxyl groups is 1. The molecule has 1 aromatic carbocycles. The Bertz CT molecular complexity index is 1720. The summed E-state index contributed by atoms with van der Waals surface area (Å²) in [5.41, 5.74) is 1.68. The van der Waals surface area contributed by atoms with E-state index in [9.17, 15) is 33.8 Å². The maximum Gasteiger partial charge on any atom is 0.407 e. The summed E-state index contributed by atoms with van der Waals surface area (Å²) in [6.45, 7) is 9.83. The molecule has 4 fully saturated rings. The third-order valence-corrected chi connectivity index (χ3v) is 12.4. The molecular formula is C40H56FN5O9S. The van der Waals surface area contributed by atoms with Crippen LogP contribution < -0.4 is 15.4 Å². The lowest BCUT2D eigenvalue weighted by molar-refractivity contribution is -0.145. The second-order valence-electron chi connectivity index (χ2n) is 16.9. The first-order valence-corrected chi connectivity index (χ1v) is 20.6. The standard InChI is InChI=1S/C40H56FN5O9S/c1-24-33(56-23-43-24)27-9-10-28(32(15-27)55-21-26-7-5-25(6-8-26)20-53-22-30-19-45(38(51)52)13-14-54-30)17-42-35(48)31-16-29(47)18-46(31)36(49)34(39(2,3)4)44-37(50)40(41)11-12-40/h9-10,15,23,25-26,29-31,34,47H,5-8,11-14,16-22H2,1-4H3,(H,42,48)(H,44,50)(H,51,52)/t25?,26?,29-,30?,31+,34-/m1/s1. The maximum absolute atomic E-state index is 14.6. The van der Waals surface area contributed by atoms with E-state index in [1.54, 1.807) is 26.3 Å². The second-order valence-corrected chi connectivity index (χ2v) is 17.8. The number of nitrogens with one attached hydrogen (secondary N) is 2. The van der Waals surface area contributed by atoms with Crippen LogP contribution in [0, 0.1) is 24.2 Å². The van der Waals surface area contributed by atoms with Crippen LogP contribution >= 0.6 is 11.3 Å². The van der Waals surface area contributed by atoms with E-state index in [-0.39, 0.29) is 38.5 Å². The van der Waals surface area contributed by atoms with Crippen molar-refractivity contribution in [2.75, 3.05) is 46.1 Å². The third-order valence-electron chi connectivity index (χ3n) is 11.4. The number of thiazole rings is 1. The first-order chi connectivity index (χ1) is 26.6. The molecule has 2 aromatic rings. The van der Waals surface area contributed by atoms with Crippen molar-refractivity contribution in [3.05, 3.63) is 35.0 Å². The number of benzene rings is 1. The van der Waals surface area contributed by atoms with Gasteiger partial charge in [0, 0.05) is 38.2 Å². The number of hydrogen-bond acceptors (Lipinski definition) is 10. The van der Waals surface area contributed by atoms with E-state index in [1.165, 1.54) is 21.1 Å². The molecule has 0 spiro atoms. The van der Waals surface area contributed by atoms with Gasteiger partial charge in [-0.1, -0.05) is 32.9 Å². The van der Waals surface area contributed by atoms with Crippen LogP contribution in [0.5, 0.6) is 5.75 Å².